The molecule has 6 heteroatoms. The summed E-state index contributed by atoms with van der Waals surface area (Å²) in [5.41, 5.74) is 5.42. The predicted octanol–water partition coefficient (Wildman–Crippen LogP) is 2.79. The number of amides is 2. The van der Waals surface area contributed by atoms with Gasteiger partial charge in [-0.15, -0.1) is 0 Å². The first-order valence-electron chi connectivity index (χ1n) is 13.3. The molecule has 2 amide bonds. The van der Waals surface area contributed by atoms with Crippen LogP contribution in [0.15, 0.2) is 48.5 Å². The van der Waals surface area contributed by atoms with E-state index in [0.29, 0.717) is 18.3 Å². The van der Waals surface area contributed by atoms with Crippen LogP contribution in [0.2, 0.25) is 0 Å². The van der Waals surface area contributed by atoms with Crippen LogP contribution in [-0.4, -0.2) is 61.5 Å². The summed E-state index contributed by atoms with van der Waals surface area (Å²) >= 11 is 0. The summed E-state index contributed by atoms with van der Waals surface area (Å²) in [6.45, 7) is 4.57. The van der Waals surface area contributed by atoms with Crippen molar-refractivity contribution < 1.29 is 9.59 Å². The molecule has 3 aliphatic heterocycles. The van der Waals surface area contributed by atoms with Crippen molar-refractivity contribution >= 4 is 17.5 Å². The molecule has 184 valence electrons. The molecule has 6 nitrogen and oxygen atoms in total. The normalized spacial score (nSPS) is 25.0. The van der Waals surface area contributed by atoms with Gasteiger partial charge >= 0.3 is 0 Å². The van der Waals surface area contributed by atoms with E-state index in [0.717, 1.165) is 50.4 Å². The van der Waals surface area contributed by atoms with Gasteiger partial charge in [-0.05, 0) is 79.9 Å². The van der Waals surface area contributed by atoms with Crippen molar-refractivity contribution in [2.24, 2.45) is 0 Å². The Balaban J connectivity index is 1.09. The van der Waals surface area contributed by atoms with Crippen LogP contribution >= 0.6 is 0 Å². The molecule has 0 saturated carbocycles. The van der Waals surface area contributed by atoms with E-state index in [1.165, 1.54) is 31.2 Å². The van der Waals surface area contributed by atoms with E-state index in [-0.39, 0.29) is 17.9 Å². The number of rotatable bonds is 5. The first-order valence-corrected chi connectivity index (χ1v) is 13.3. The Bertz CT molecular complexity index is 1100. The molecule has 1 spiro atoms. The number of anilines is 1. The molecule has 2 atom stereocenters. The number of carbonyl (C=O) groups is 2. The van der Waals surface area contributed by atoms with Gasteiger partial charge in [0.15, 0.2) is 0 Å². The van der Waals surface area contributed by atoms with Crippen molar-refractivity contribution in [3.8, 4) is 0 Å². The maximum absolute atomic E-state index is 13.5. The summed E-state index contributed by atoms with van der Waals surface area (Å²) in [6, 6.07) is 16.7. The Kier molecular flexibility index (Phi) is 6.11. The van der Waals surface area contributed by atoms with Gasteiger partial charge < -0.3 is 15.5 Å². The summed E-state index contributed by atoms with van der Waals surface area (Å²) in [6.07, 6.45) is 6.79. The van der Waals surface area contributed by atoms with E-state index in [2.05, 4.69) is 39.8 Å². The Morgan fingerprint density at radius 1 is 1.00 bits per heavy atom. The molecular formula is C29H36N4O2. The number of benzene rings is 2. The average molecular weight is 473 g/mol. The standard InChI is InChI=1S/C29H36N4O2/c34-27(11-16-32-17-13-29(14-18-32)12-9-21-5-1-3-7-24(21)29)33-25-8-4-2-6-22(25)19-26(33)28(35)31-23-10-15-30-20-23/h1-8,23,26,30H,9-20H2,(H,31,35)/t23-,26-/m0/s1. The Labute approximate surface area is 208 Å². The van der Waals surface area contributed by atoms with Crippen LogP contribution in [0.5, 0.6) is 0 Å². The maximum atomic E-state index is 13.5. The van der Waals surface area contributed by atoms with Gasteiger partial charge in [0.2, 0.25) is 11.8 Å². The van der Waals surface area contributed by atoms with Crippen molar-refractivity contribution in [1.82, 2.24) is 15.5 Å². The molecule has 6 rings (SSSR count). The zero-order valence-corrected chi connectivity index (χ0v) is 20.5. The average Bonchev–Trinajstić information content (AvgIpc) is 3.62. The SMILES string of the molecule is O=C(N[C@H]1CCNC1)[C@@H]1Cc2ccccc2N1C(=O)CCN1CCC2(CCc3ccccc32)CC1. The molecule has 4 aliphatic rings. The number of nitrogens with one attached hydrogen (secondary N) is 2. The second-order valence-electron chi connectivity index (χ2n) is 10.8. The predicted molar refractivity (Wildman–Crippen MR) is 138 cm³/mol. The van der Waals surface area contributed by atoms with Crippen LogP contribution in [0.4, 0.5) is 5.69 Å². The summed E-state index contributed by atoms with van der Waals surface area (Å²) in [5.74, 6) is 0.0363. The van der Waals surface area contributed by atoms with Crippen LogP contribution in [0.25, 0.3) is 0 Å². The molecule has 2 aromatic carbocycles. The molecule has 2 fully saturated rings. The summed E-state index contributed by atoms with van der Waals surface area (Å²) in [5, 5.41) is 6.47. The monoisotopic (exact) mass is 472 g/mol. The van der Waals surface area contributed by atoms with E-state index in [1.807, 2.05) is 24.3 Å². The van der Waals surface area contributed by atoms with Gasteiger partial charge in [-0.1, -0.05) is 42.5 Å². The van der Waals surface area contributed by atoms with E-state index in [4.69, 9.17) is 0 Å². The highest BCUT2D eigenvalue weighted by atomic mass is 16.2. The Morgan fingerprint density at radius 2 is 1.77 bits per heavy atom. The van der Waals surface area contributed by atoms with Gasteiger partial charge in [-0.2, -0.15) is 0 Å². The quantitative estimate of drug-likeness (QED) is 0.703. The van der Waals surface area contributed by atoms with E-state index < -0.39 is 6.04 Å². The van der Waals surface area contributed by atoms with Crippen molar-refractivity contribution in [2.75, 3.05) is 37.6 Å². The molecule has 3 heterocycles. The summed E-state index contributed by atoms with van der Waals surface area (Å²) < 4.78 is 0. The lowest BCUT2D eigenvalue weighted by Gasteiger charge is -2.40. The van der Waals surface area contributed by atoms with E-state index in [1.54, 1.807) is 10.5 Å². The lowest BCUT2D eigenvalue weighted by Crippen LogP contribution is -2.51. The van der Waals surface area contributed by atoms with Crippen LogP contribution in [-0.2, 0) is 27.8 Å². The first-order chi connectivity index (χ1) is 17.1. The van der Waals surface area contributed by atoms with Crippen LogP contribution in [0.1, 0.15) is 48.8 Å². The van der Waals surface area contributed by atoms with Crippen LogP contribution in [0, 0.1) is 0 Å². The Morgan fingerprint density at radius 3 is 2.57 bits per heavy atom. The molecular weight excluding hydrogens is 436 g/mol. The number of fused-ring (bicyclic) bond motifs is 3. The molecule has 2 aromatic rings. The smallest absolute Gasteiger partial charge is 0.243 e. The van der Waals surface area contributed by atoms with Crippen molar-refractivity contribution in [1.29, 1.82) is 0 Å². The minimum atomic E-state index is -0.444. The molecule has 35 heavy (non-hydrogen) atoms. The number of likely N-dealkylation sites (tertiary alicyclic amines) is 1. The van der Waals surface area contributed by atoms with Gasteiger partial charge in [0.1, 0.15) is 6.04 Å². The number of aryl methyl sites for hydroxylation is 1. The van der Waals surface area contributed by atoms with Crippen molar-refractivity contribution in [2.45, 2.75) is 62.4 Å². The molecule has 0 unspecified atom stereocenters. The molecule has 2 N–H and O–H groups in total. The molecule has 0 radical (unpaired) electrons. The molecule has 0 bridgehead atoms. The third kappa shape index (κ3) is 4.27. The third-order valence-corrected chi connectivity index (χ3v) is 8.87. The van der Waals surface area contributed by atoms with E-state index >= 15 is 0 Å². The topological polar surface area (TPSA) is 64.7 Å². The highest BCUT2D eigenvalue weighted by molar-refractivity contribution is 6.03. The maximum Gasteiger partial charge on any atom is 0.243 e. The van der Waals surface area contributed by atoms with Crippen molar-refractivity contribution in [3.63, 3.8) is 0 Å². The minimum absolute atomic E-state index is 0.0249. The van der Waals surface area contributed by atoms with Gasteiger partial charge in [-0.25, -0.2) is 0 Å². The zero-order valence-electron chi connectivity index (χ0n) is 20.5. The minimum Gasteiger partial charge on any atom is -0.350 e. The third-order valence-electron chi connectivity index (χ3n) is 8.87. The van der Waals surface area contributed by atoms with Gasteiger partial charge in [0, 0.05) is 37.7 Å². The second kappa shape index (κ2) is 9.40. The Hall–Kier alpha value is -2.70. The fraction of sp³-hybridized carbons (Fsp3) is 0.517. The number of piperidine rings is 1. The fourth-order valence-electron chi connectivity index (χ4n) is 6.84. The highest BCUT2D eigenvalue weighted by Crippen LogP contribution is 2.46. The van der Waals surface area contributed by atoms with Gasteiger partial charge in [0.25, 0.3) is 0 Å². The van der Waals surface area contributed by atoms with Crippen LogP contribution in [0.3, 0.4) is 0 Å². The molecule has 2 saturated heterocycles. The number of carbonyl (C=O) groups excluding carboxylic acids is 2. The number of nitrogens with zero attached hydrogens (tertiary/aromatic N) is 2. The number of hydrogen-bond acceptors (Lipinski definition) is 4. The van der Waals surface area contributed by atoms with Gasteiger partial charge in [0.05, 0.1) is 0 Å². The lowest BCUT2D eigenvalue weighted by atomic mass is 9.74. The first kappa shape index (κ1) is 22.7. The number of para-hydroxylation sites is 1. The van der Waals surface area contributed by atoms with Crippen LogP contribution < -0.4 is 15.5 Å². The lowest BCUT2D eigenvalue weighted by molar-refractivity contribution is -0.126. The number of hydrogen-bond donors (Lipinski definition) is 2. The highest BCUT2D eigenvalue weighted by Gasteiger charge is 2.42. The largest absolute Gasteiger partial charge is 0.350 e. The fourth-order valence-corrected chi connectivity index (χ4v) is 6.84. The summed E-state index contributed by atoms with van der Waals surface area (Å²) in [4.78, 5) is 30.9. The van der Waals surface area contributed by atoms with E-state index in [9.17, 15) is 9.59 Å². The summed E-state index contributed by atoms with van der Waals surface area (Å²) in [7, 11) is 0. The van der Waals surface area contributed by atoms with Gasteiger partial charge in [-0.3, -0.25) is 14.5 Å². The van der Waals surface area contributed by atoms with Crippen molar-refractivity contribution in [3.05, 3.63) is 65.2 Å². The molecule has 0 aromatic heterocycles. The zero-order chi connectivity index (χ0) is 23.8. The molecule has 1 aliphatic carbocycles. The second-order valence-corrected chi connectivity index (χ2v) is 10.8.